The first kappa shape index (κ1) is 27.4. The lowest BCUT2D eigenvalue weighted by Crippen LogP contribution is -2.49. The molecule has 3 aromatic rings. The van der Waals surface area contributed by atoms with Gasteiger partial charge in [0.15, 0.2) is 0 Å². The van der Waals surface area contributed by atoms with E-state index in [4.69, 9.17) is 0 Å². The summed E-state index contributed by atoms with van der Waals surface area (Å²) in [5.74, 6) is -0.325. The van der Waals surface area contributed by atoms with Crippen LogP contribution in [0.25, 0.3) is 0 Å². The van der Waals surface area contributed by atoms with Gasteiger partial charge in [-0.25, -0.2) is 9.78 Å². The lowest BCUT2D eigenvalue weighted by atomic mass is 10.1. The third-order valence-corrected chi connectivity index (χ3v) is 7.50. The first-order valence-corrected chi connectivity index (χ1v) is 13.4. The number of nitrogens with one attached hydrogen (secondary N) is 1. The Bertz CT molecular complexity index is 1400. The number of benzene rings is 2. The van der Waals surface area contributed by atoms with Gasteiger partial charge in [-0.1, -0.05) is 18.2 Å². The molecular weight excluding hydrogens is 510 g/mol. The Morgan fingerprint density at radius 1 is 1.07 bits per heavy atom. The van der Waals surface area contributed by atoms with Crippen molar-refractivity contribution in [2.24, 2.45) is 0 Å². The first-order chi connectivity index (χ1) is 19.2. The monoisotopic (exact) mass is 545 g/mol. The maximum absolute atomic E-state index is 13.7. The summed E-state index contributed by atoms with van der Waals surface area (Å²) < 4.78 is 0. The molecule has 1 fully saturated rings. The number of aliphatic carboxylic acids is 1. The van der Waals surface area contributed by atoms with Gasteiger partial charge in [0.1, 0.15) is 5.82 Å². The van der Waals surface area contributed by atoms with Crippen LogP contribution in [-0.2, 0) is 17.9 Å². The molecule has 0 atom stereocenters. The van der Waals surface area contributed by atoms with E-state index in [1.807, 2.05) is 50.2 Å². The smallest absolute Gasteiger partial charge is 0.330 e. The predicted octanol–water partition coefficient (Wildman–Crippen LogP) is 3.50. The van der Waals surface area contributed by atoms with Gasteiger partial charge in [0.2, 0.25) is 5.95 Å². The molecule has 2 aliphatic heterocycles. The second-order valence-electron chi connectivity index (χ2n) is 10.4. The minimum Gasteiger partial charge on any atom is -0.481 e. The quantitative estimate of drug-likeness (QED) is 0.390. The molecule has 3 heterocycles. The van der Waals surface area contributed by atoms with Gasteiger partial charge in [-0.15, -0.1) is 0 Å². The van der Waals surface area contributed by atoms with Gasteiger partial charge >= 0.3 is 12.0 Å². The summed E-state index contributed by atoms with van der Waals surface area (Å²) in [4.78, 5) is 41.9. The van der Waals surface area contributed by atoms with E-state index in [1.54, 1.807) is 11.1 Å². The van der Waals surface area contributed by atoms with Gasteiger partial charge in [-0.3, -0.25) is 14.6 Å². The summed E-state index contributed by atoms with van der Waals surface area (Å²) in [7, 11) is 2.10. The summed E-state index contributed by atoms with van der Waals surface area (Å²) in [6.07, 6.45) is 1.46. The highest BCUT2D eigenvalue weighted by atomic mass is 16.4. The van der Waals surface area contributed by atoms with E-state index < -0.39 is 5.97 Å². The number of likely N-dealkylation sites (N-methyl/N-ethyl adjacent to an activating group) is 1. The second kappa shape index (κ2) is 11.5. The molecule has 0 aliphatic carbocycles. The van der Waals surface area contributed by atoms with Crippen molar-refractivity contribution < 1.29 is 19.8 Å². The van der Waals surface area contributed by atoms with Gasteiger partial charge in [0.25, 0.3) is 0 Å². The van der Waals surface area contributed by atoms with Crippen molar-refractivity contribution in [2.75, 3.05) is 59.8 Å². The van der Waals surface area contributed by atoms with Gasteiger partial charge in [-0.05, 0) is 50.2 Å². The van der Waals surface area contributed by atoms with Crippen LogP contribution in [0.3, 0.4) is 0 Å². The summed E-state index contributed by atoms with van der Waals surface area (Å²) in [5.41, 5.74) is 5.94. The van der Waals surface area contributed by atoms with Crippen LogP contribution in [0.4, 0.5) is 33.6 Å². The minimum atomic E-state index is -0.997. The zero-order valence-corrected chi connectivity index (χ0v) is 23.1. The van der Waals surface area contributed by atoms with Crippen molar-refractivity contribution in [3.05, 3.63) is 64.8 Å². The lowest BCUT2D eigenvalue weighted by Gasteiger charge is -2.37. The van der Waals surface area contributed by atoms with Gasteiger partial charge < -0.3 is 25.3 Å². The molecule has 0 spiro atoms. The third kappa shape index (κ3) is 5.56. The number of aliphatic hydroxyl groups excluding tert-OH is 1. The number of anilines is 5. The highest BCUT2D eigenvalue weighted by molar-refractivity contribution is 6.06. The third-order valence-electron chi connectivity index (χ3n) is 7.50. The average Bonchev–Trinajstić information content (AvgIpc) is 2.93. The number of hydrogen-bond acceptors (Lipinski definition) is 8. The Morgan fingerprint density at radius 2 is 1.80 bits per heavy atom. The Labute approximate surface area is 233 Å². The Balaban J connectivity index is 1.43. The van der Waals surface area contributed by atoms with Gasteiger partial charge in [0, 0.05) is 61.4 Å². The lowest BCUT2D eigenvalue weighted by molar-refractivity contribution is -0.136. The fourth-order valence-electron chi connectivity index (χ4n) is 5.37. The van der Waals surface area contributed by atoms with E-state index in [-0.39, 0.29) is 38.1 Å². The summed E-state index contributed by atoms with van der Waals surface area (Å²) >= 11 is 0. The van der Waals surface area contributed by atoms with Crippen LogP contribution in [0.15, 0.2) is 42.6 Å². The van der Waals surface area contributed by atoms with Crippen LogP contribution in [0.1, 0.15) is 28.7 Å². The number of urea groups is 1. The maximum Gasteiger partial charge on any atom is 0.330 e. The number of carbonyl (C=O) groups is 2. The van der Waals surface area contributed by atoms with E-state index in [9.17, 15) is 19.8 Å². The summed E-state index contributed by atoms with van der Waals surface area (Å²) in [5, 5.41) is 22.6. The molecular formula is C29H35N7O4. The summed E-state index contributed by atoms with van der Waals surface area (Å²) in [6.45, 7) is 7.77. The SMILES string of the molecule is Cc1cccc(C)c1N1Cc2cnc(Nc3ccc(N4CCN(C)CC4)c(CO)c3)nc2N(CCC(=O)O)C1=O. The summed E-state index contributed by atoms with van der Waals surface area (Å²) in [6, 6.07) is 11.3. The number of carboxylic acids is 1. The normalized spacial score (nSPS) is 15.8. The molecule has 0 saturated carbocycles. The van der Waals surface area contributed by atoms with Crippen LogP contribution < -0.4 is 20.0 Å². The number of aryl methyl sites for hydroxylation is 2. The number of piperazine rings is 1. The molecule has 0 bridgehead atoms. The second-order valence-corrected chi connectivity index (χ2v) is 10.4. The number of rotatable bonds is 8. The largest absolute Gasteiger partial charge is 0.481 e. The van der Waals surface area contributed by atoms with Gasteiger partial charge in [0.05, 0.1) is 25.3 Å². The number of nitrogens with zero attached hydrogens (tertiary/aromatic N) is 6. The molecule has 1 aromatic heterocycles. The minimum absolute atomic E-state index is 0.0204. The molecule has 40 heavy (non-hydrogen) atoms. The fourth-order valence-corrected chi connectivity index (χ4v) is 5.37. The molecule has 2 aromatic carbocycles. The molecule has 11 nitrogen and oxygen atoms in total. The number of aromatic nitrogens is 2. The molecule has 2 amide bonds. The van der Waals surface area contributed by atoms with E-state index >= 15 is 0 Å². The van der Waals surface area contributed by atoms with Crippen LogP contribution in [0.2, 0.25) is 0 Å². The Hall–Kier alpha value is -4.22. The number of fused-ring (bicyclic) bond motifs is 1. The molecule has 0 unspecified atom stereocenters. The standard InChI is InChI=1S/C29H35N7O4/c1-19-5-4-6-20(2)26(19)36-17-22-16-30-28(32-27(22)35(29(36)40)10-9-25(38)39)31-23-7-8-24(21(15-23)18-37)34-13-11-33(3)12-14-34/h4-8,15-16,37H,9-14,17-18H2,1-3H3,(H,38,39)(H,30,31,32). The van der Waals surface area contributed by atoms with E-state index in [0.717, 1.165) is 59.8 Å². The topological polar surface area (TPSA) is 125 Å². The zero-order chi connectivity index (χ0) is 28.4. The number of hydrogen-bond donors (Lipinski definition) is 3. The number of para-hydroxylation sites is 1. The van der Waals surface area contributed by atoms with Crippen molar-refractivity contribution in [3.63, 3.8) is 0 Å². The van der Waals surface area contributed by atoms with Crippen molar-refractivity contribution in [3.8, 4) is 0 Å². The van der Waals surface area contributed by atoms with E-state index in [2.05, 4.69) is 32.1 Å². The average molecular weight is 546 g/mol. The zero-order valence-electron chi connectivity index (χ0n) is 23.1. The van der Waals surface area contributed by atoms with E-state index in [0.29, 0.717) is 11.5 Å². The van der Waals surface area contributed by atoms with Crippen molar-refractivity contribution >= 4 is 40.8 Å². The number of carbonyl (C=O) groups excluding carboxylic acids is 1. The maximum atomic E-state index is 13.7. The molecule has 1 saturated heterocycles. The molecule has 11 heteroatoms. The fraction of sp³-hybridized carbons (Fsp3) is 0.379. The van der Waals surface area contributed by atoms with Crippen LogP contribution >= 0.6 is 0 Å². The molecule has 3 N–H and O–H groups in total. The van der Waals surface area contributed by atoms with E-state index in [1.165, 1.54) is 4.90 Å². The Morgan fingerprint density at radius 3 is 2.48 bits per heavy atom. The predicted molar refractivity (Wildman–Crippen MR) is 154 cm³/mol. The highest BCUT2D eigenvalue weighted by Crippen LogP contribution is 2.35. The van der Waals surface area contributed by atoms with Crippen LogP contribution in [-0.4, -0.2) is 76.9 Å². The first-order valence-electron chi connectivity index (χ1n) is 13.4. The number of amides is 2. The number of aliphatic hydroxyl groups is 1. The van der Waals surface area contributed by atoms with Crippen LogP contribution in [0, 0.1) is 13.8 Å². The Kier molecular flexibility index (Phi) is 7.85. The van der Waals surface area contributed by atoms with Crippen molar-refractivity contribution in [2.45, 2.75) is 33.4 Å². The van der Waals surface area contributed by atoms with Gasteiger partial charge in [-0.2, -0.15) is 4.98 Å². The molecule has 5 rings (SSSR count). The van der Waals surface area contributed by atoms with Crippen molar-refractivity contribution in [1.82, 2.24) is 14.9 Å². The number of carboxylic acid groups (broad SMARTS) is 1. The highest BCUT2D eigenvalue weighted by Gasteiger charge is 2.34. The van der Waals surface area contributed by atoms with Crippen molar-refractivity contribution in [1.29, 1.82) is 0 Å². The molecule has 210 valence electrons. The molecule has 2 aliphatic rings. The molecule has 0 radical (unpaired) electrons. The van der Waals surface area contributed by atoms with Crippen LogP contribution in [0.5, 0.6) is 0 Å².